The van der Waals surface area contributed by atoms with Crippen LogP contribution in [-0.2, 0) is 18.4 Å². The number of nitrogens with one attached hydrogen (secondary N) is 1. The summed E-state index contributed by atoms with van der Waals surface area (Å²) in [6.45, 7) is 4.15. The van der Waals surface area contributed by atoms with Gasteiger partial charge in [-0.15, -0.1) is 0 Å². The lowest BCUT2D eigenvalue weighted by Gasteiger charge is -2.32. The fourth-order valence-corrected chi connectivity index (χ4v) is 3.17. The molecule has 0 atom stereocenters. The van der Waals surface area contributed by atoms with Crippen LogP contribution >= 0.6 is 0 Å². The molecule has 0 saturated carbocycles. The van der Waals surface area contributed by atoms with Crippen molar-refractivity contribution in [1.82, 2.24) is 15.1 Å². The predicted molar refractivity (Wildman–Crippen MR) is 97.4 cm³/mol. The SMILES string of the molecule is Cc1ccccc1CNC(=O)C1CCN(c2cnn(C)c(=O)c2)CC1. The van der Waals surface area contributed by atoms with Crippen molar-refractivity contribution < 1.29 is 4.79 Å². The highest BCUT2D eigenvalue weighted by molar-refractivity contribution is 5.79. The zero-order valence-corrected chi connectivity index (χ0v) is 14.7. The summed E-state index contributed by atoms with van der Waals surface area (Å²) in [7, 11) is 1.64. The highest BCUT2D eigenvalue weighted by atomic mass is 16.2. The van der Waals surface area contributed by atoms with Crippen LogP contribution in [0.15, 0.2) is 41.3 Å². The summed E-state index contributed by atoms with van der Waals surface area (Å²) < 4.78 is 1.31. The van der Waals surface area contributed by atoms with Crippen LogP contribution in [0.5, 0.6) is 0 Å². The number of nitrogens with zero attached hydrogens (tertiary/aromatic N) is 3. The first-order valence-electron chi connectivity index (χ1n) is 8.65. The smallest absolute Gasteiger partial charge is 0.268 e. The van der Waals surface area contributed by atoms with E-state index in [2.05, 4.69) is 28.3 Å². The van der Waals surface area contributed by atoms with Crippen molar-refractivity contribution in [2.45, 2.75) is 26.3 Å². The molecule has 3 rings (SSSR count). The van der Waals surface area contributed by atoms with Crippen molar-refractivity contribution in [3.63, 3.8) is 0 Å². The first-order chi connectivity index (χ1) is 12.0. The molecule has 1 aromatic heterocycles. The highest BCUT2D eigenvalue weighted by Crippen LogP contribution is 2.22. The number of anilines is 1. The number of piperidine rings is 1. The van der Waals surface area contributed by atoms with Gasteiger partial charge in [-0.25, -0.2) is 4.68 Å². The van der Waals surface area contributed by atoms with Gasteiger partial charge in [0.1, 0.15) is 0 Å². The molecule has 1 amide bonds. The number of hydrogen-bond acceptors (Lipinski definition) is 4. The Bertz CT molecular complexity index is 807. The molecule has 1 aromatic carbocycles. The van der Waals surface area contributed by atoms with E-state index in [1.807, 2.05) is 18.2 Å². The Morgan fingerprint density at radius 3 is 2.68 bits per heavy atom. The van der Waals surface area contributed by atoms with E-state index in [0.717, 1.165) is 37.2 Å². The van der Waals surface area contributed by atoms with Gasteiger partial charge in [0, 0.05) is 38.7 Å². The number of carbonyl (C=O) groups excluding carboxylic acids is 1. The molecule has 1 fully saturated rings. The number of amides is 1. The van der Waals surface area contributed by atoms with Gasteiger partial charge in [-0.2, -0.15) is 5.10 Å². The third kappa shape index (κ3) is 4.07. The van der Waals surface area contributed by atoms with Gasteiger partial charge in [0.05, 0.1) is 11.9 Å². The van der Waals surface area contributed by atoms with Crippen LogP contribution < -0.4 is 15.8 Å². The minimum Gasteiger partial charge on any atom is -0.370 e. The Morgan fingerprint density at radius 2 is 2.00 bits per heavy atom. The first kappa shape index (κ1) is 17.2. The molecule has 0 unspecified atom stereocenters. The maximum atomic E-state index is 12.4. The number of benzene rings is 1. The Labute approximate surface area is 147 Å². The Morgan fingerprint density at radius 1 is 1.28 bits per heavy atom. The second-order valence-corrected chi connectivity index (χ2v) is 6.58. The quantitative estimate of drug-likeness (QED) is 0.918. The lowest BCUT2D eigenvalue weighted by molar-refractivity contribution is -0.125. The topological polar surface area (TPSA) is 67.2 Å². The molecule has 2 aromatic rings. The molecule has 1 N–H and O–H groups in total. The third-order valence-electron chi connectivity index (χ3n) is 4.90. The van der Waals surface area contributed by atoms with Crippen LogP contribution in [0.4, 0.5) is 5.69 Å². The zero-order valence-electron chi connectivity index (χ0n) is 14.7. The molecule has 2 heterocycles. The fraction of sp³-hybridized carbons (Fsp3) is 0.421. The van der Waals surface area contributed by atoms with Crippen LogP contribution in [0.3, 0.4) is 0 Å². The van der Waals surface area contributed by atoms with Crippen LogP contribution in [0.1, 0.15) is 24.0 Å². The van der Waals surface area contributed by atoms with E-state index in [0.29, 0.717) is 6.54 Å². The van der Waals surface area contributed by atoms with Crippen molar-refractivity contribution in [2.75, 3.05) is 18.0 Å². The molecule has 0 spiro atoms. The van der Waals surface area contributed by atoms with Gasteiger partial charge in [-0.05, 0) is 30.9 Å². The maximum absolute atomic E-state index is 12.4. The lowest BCUT2D eigenvalue weighted by Crippen LogP contribution is -2.41. The van der Waals surface area contributed by atoms with Gasteiger partial charge in [0.15, 0.2) is 0 Å². The average Bonchev–Trinajstić information content (AvgIpc) is 2.63. The van der Waals surface area contributed by atoms with Crippen LogP contribution in [0.2, 0.25) is 0 Å². The van der Waals surface area contributed by atoms with E-state index >= 15 is 0 Å². The van der Waals surface area contributed by atoms with Gasteiger partial charge in [0.2, 0.25) is 5.91 Å². The first-order valence-corrected chi connectivity index (χ1v) is 8.65. The molecule has 6 heteroatoms. The van der Waals surface area contributed by atoms with Crippen molar-refractivity contribution >= 4 is 11.6 Å². The number of carbonyl (C=O) groups is 1. The second-order valence-electron chi connectivity index (χ2n) is 6.58. The summed E-state index contributed by atoms with van der Waals surface area (Å²) in [4.78, 5) is 26.3. The predicted octanol–water partition coefficient (Wildman–Crippen LogP) is 1.62. The van der Waals surface area contributed by atoms with Gasteiger partial charge < -0.3 is 10.2 Å². The molecular formula is C19H24N4O2. The van der Waals surface area contributed by atoms with E-state index < -0.39 is 0 Å². The van der Waals surface area contributed by atoms with E-state index in [4.69, 9.17) is 0 Å². The van der Waals surface area contributed by atoms with E-state index in [1.165, 1.54) is 10.2 Å². The van der Waals surface area contributed by atoms with Crippen molar-refractivity contribution in [2.24, 2.45) is 13.0 Å². The Kier molecular flexibility index (Phi) is 5.16. The number of rotatable bonds is 4. The minimum atomic E-state index is -0.115. The standard InChI is InChI=1S/C19H24N4O2/c1-14-5-3-4-6-16(14)12-20-19(25)15-7-9-23(10-8-15)17-11-18(24)22(2)21-13-17/h3-6,11,13,15H,7-10,12H2,1-2H3,(H,20,25). The maximum Gasteiger partial charge on any atom is 0.268 e. The number of aryl methyl sites for hydroxylation is 2. The van der Waals surface area contributed by atoms with Crippen molar-refractivity contribution in [3.05, 3.63) is 58.0 Å². The molecule has 132 valence electrons. The molecule has 0 aliphatic carbocycles. The summed E-state index contributed by atoms with van der Waals surface area (Å²) in [5.41, 5.74) is 3.06. The number of hydrogen-bond donors (Lipinski definition) is 1. The summed E-state index contributed by atoms with van der Waals surface area (Å²) in [5.74, 6) is 0.143. The molecule has 25 heavy (non-hydrogen) atoms. The van der Waals surface area contributed by atoms with Gasteiger partial charge >= 0.3 is 0 Å². The Balaban J connectivity index is 1.53. The molecule has 0 radical (unpaired) electrons. The molecule has 1 saturated heterocycles. The molecule has 0 bridgehead atoms. The van der Waals surface area contributed by atoms with E-state index in [-0.39, 0.29) is 17.4 Å². The highest BCUT2D eigenvalue weighted by Gasteiger charge is 2.25. The molecular weight excluding hydrogens is 316 g/mol. The van der Waals surface area contributed by atoms with Crippen LogP contribution in [-0.4, -0.2) is 28.8 Å². The van der Waals surface area contributed by atoms with E-state index in [9.17, 15) is 9.59 Å². The zero-order chi connectivity index (χ0) is 17.8. The summed E-state index contributed by atoms with van der Waals surface area (Å²) in [6.07, 6.45) is 3.28. The number of aromatic nitrogens is 2. The molecule has 1 aliphatic heterocycles. The van der Waals surface area contributed by atoms with Gasteiger partial charge in [-0.3, -0.25) is 9.59 Å². The average molecular weight is 340 g/mol. The molecule has 6 nitrogen and oxygen atoms in total. The normalized spacial score (nSPS) is 15.2. The monoisotopic (exact) mass is 340 g/mol. The third-order valence-corrected chi connectivity index (χ3v) is 4.90. The summed E-state index contributed by atoms with van der Waals surface area (Å²) in [5, 5.41) is 7.12. The van der Waals surface area contributed by atoms with Gasteiger partial charge in [-0.1, -0.05) is 24.3 Å². The Hall–Kier alpha value is -2.63. The van der Waals surface area contributed by atoms with Crippen LogP contribution in [0.25, 0.3) is 0 Å². The van der Waals surface area contributed by atoms with Crippen molar-refractivity contribution in [1.29, 1.82) is 0 Å². The van der Waals surface area contributed by atoms with Crippen molar-refractivity contribution in [3.8, 4) is 0 Å². The molecule has 1 aliphatic rings. The lowest BCUT2D eigenvalue weighted by atomic mass is 9.95. The summed E-state index contributed by atoms with van der Waals surface area (Å²) >= 11 is 0. The van der Waals surface area contributed by atoms with E-state index in [1.54, 1.807) is 19.3 Å². The summed E-state index contributed by atoms with van der Waals surface area (Å²) in [6, 6.07) is 9.69. The fourth-order valence-electron chi connectivity index (χ4n) is 3.17. The largest absolute Gasteiger partial charge is 0.370 e. The van der Waals surface area contributed by atoms with Gasteiger partial charge in [0.25, 0.3) is 5.56 Å². The second kappa shape index (κ2) is 7.51. The minimum absolute atomic E-state index is 0.0276. The van der Waals surface area contributed by atoms with Crippen LogP contribution in [0, 0.1) is 12.8 Å².